The molecule has 0 unspecified atom stereocenters. The van der Waals surface area contributed by atoms with Gasteiger partial charge in [0.15, 0.2) is 0 Å². The normalized spacial score (nSPS) is 10.7. The number of nitrogens with zero attached hydrogens (tertiary/aromatic N) is 2. The van der Waals surface area contributed by atoms with Gasteiger partial charge in [0, 0.05) is 18.8 Å². The SMILES string of the molecule is Cc1cc(C(=O)NCCc2ccccc2)nc(NCCC(C)C)n1. The van der Waals surface area contributed by atoms with Crippen molar-refractivity contribution in [1.82, 2.24) is 15.3 Å². The number of hydrogen-bond acceptors (Lipinski definition) is 4. The number of rotatable bonds is 8. The first-order valence-electron chi connectivity index (χ1n) is 8.46. The van der Waals surface area contributed by atoms with Crippen molar-refractivity contribution in [3.8, 4) is 0 Å². The highest BCUT2D eigenvalue weighted by Gasteiger charge is 2.10. The Balaban J connectivity index is 1.89. The molecular weight excluding hydrogens is 300 g/mol. The molecule has 0 aliphatic heterocycles. The Morgan fingerprint density at radius 2 is 1.88 bits per heavy atom. The Hall–Kier alpha value is -2.43. The molecule has 1 heterocycles. The standard InChI is InChI=1S/C19H26N4O/c1-14(2)9-11-21-19-22-15(3)13-17(23-19)18(24)20-12-10-16-7-5-4-6-8-16/h4-8,13-14H,9-12H2,1-3H3,(H,20,24)(H,21,22,23). The van der Waals surface area contributed by atoms with Gasteiger partial charge in [-0.2, -0.15) is 0 Å². The molecule has 0 spiro atoms. The molecular formula is C19H26N4O. The Morgan fingerprint density at radius 3 is 2.58 bits per heavy atom. The molecule has 0 bridgehead atoms. The van der Waals surface area contributed by atoms with Crippen LogP contribution in [0.3, 0.4) is 0 Å². The van der Waals surface area contributed by atoms with Crippen LogP contribution in [-0.2, 0) is 6.42 Å². The second-order valence-electron chi connectivity index (χ2n) is 6.32. The Kier molecular flexibility index (Phi) is 6.73. The zero-order valence-electron chi connectivity index (χ0n) is 14.7. The number of anilines is 1. The number of amides is 1. The molecule has 1 amide bonds. The van der Waals surface area contributed by atoms with Gasteiger partial charge >= 0.3 is 0 Å². The first-order valence-corrected chi connectivity index (χ1v) is 8.46. The van der Waals surface area contributed by atoms with E-state index in [0.717, 1.165) is 25.1 Å². The van der Waals surface area contributed by atoms with Crippen LogP contribution in [0, 0.1) is 12.8 Å². The van der Waals surface area contributed by atoms with Crippen molar-refractivity contribution in [3.63, 3.8) is 0 Å². The number of nitrogens with one attached hydrogen (secondary N) is 2. The van der Waals surface area contributed by atoms with Crippen LogP contribution >= 0.6 is 0 Å². The summed E-state index contributed by atoms with van der Waals surface area (Å²) in [5.74, 6) is 0.968. The van der Waals surface area contributed by atoms with Gasteiger partial charge in [-0.3, -0.25) is 4.79 Å². The molecule has 2 N–H and O–H groups in total. The van der Waals surface area contributed by atoms with Gasteiger partial charge in [-0.25, -0.2) is 9.97 Å². The predicted octanol–water partition coefficient (Wildman–Crippen LogP) is 3.22. The lowest BCUT2D eigenvalue weighted by atomic mass is 10.1. The summed E-state index contributed by atoms with van der Waals surface area (Å²) in [6.45, 7) is 7.60. The maximum Gasteiger partial charge on any atom is 0.270 e. The summed E-state index contributed by atoms with van der Waals surface area (Å²) in [6.07, 6.45) is 1.84. The number of carbonyl (C=O) groups is 1. The molecule has 0 atom stereocenters. The molecule has 5 heteroatoms. The largest absolute Gasteiger partial charge is 0.354 e. The van der Waals surface area contributed by atoms with E-state index in [0.29, 0.717) is 24.1 Å². The zero-order valence-corrected chi connectivity index (χ0v) is 14.7. The van der Waals surface area contributed by atoms with Crippen LogP contribution in [0.5, 0.6) is 0 Å². The van der Waals surface area contributed by atoms with Crippen LogP contribution in [0.1, 0.15) is 42.0 Å². The molecule has 1 aromatic carbocycles. The van der Waals surface area contributed by atoms with E-state index in [-0.39, 0.29) is 5.91 Å². The molecule has 1 aromatic heterocycles. The summed E-state index contributed by atoms with van der Waals surface area (Å²) >= 11 is 0. The van der Waals surface area contributed by atoms with E-state index in [1.54, 1.807) is 6.07 Å². The minimum Gasteiger partial charge on any atom is -0.354 e. The first-order chi connectivity index (χ1) is 11.5. The summed E-state index contributed by atoms with van der Waals surface area (Å²) in [5, 5.41) is 6.11. The number of carbonyl (C=O) groups excluding carboxylic acids is 1. The summed E-state index contributed by atoms with van der Waals surface area (Å²) in [5.41, 5.74) is 2.39. The molecule has 2 aromatic rings. The molecule has 0 saturated heterocycles. The van der Waals surface area contributed by atoms with Gasteiger partial charge in [-0.05, 0) is 37.3 Å². The summed E-state index contributed by atoms with van der Waals surface area (Å²) in [7, 11) is 0. The van der Waals surface area contributed by atoms with E-state index in [1.807, 2.05) is 25.1 Å². The van der Waals surface area contributed by atoms with Gasteiger partial charge in [0.2, 0.25) is 5.95 Å². The monoisotopic (exact) mass is 326 g/mol. The smallest absolute Gasteiger partial charge is 0.270 e. The molecule has 2 rings (SSSR count). The van der Waals surface area contributed by atoms with Crippen LogP contribution in [0.15, 0.2) is 36.4 Å². The number of benzene rings is 1. The van der Waals surface area contributed by atoms with E-state index >= 15 is 0 Å². The van der Waals surface area contributed by atoms with E-state index < -0.39 is 0 Å². The highest BCUT2D eigenvalue weighted by molar-refractivity contribution is 5.92. The van der Waals surface area contributed by atoms with Gasteiger partial charge in [0.05, 0.1) is 0 Å². The van der Waals surface area contributed by atoms with Crippen molar-refractivity contribution >= 4 is 11.9 Å². The molecule has 24 heavy (non-hydrogen) atoms. The summed E-state index contributed by atoms with van der Waals surface area (Å²) < 4.78 is 0. The van der Waals surface area contributed by atoms with E-state index in [4.69, 9.17) is 0 Å². The minimum atomic E-state index is -0.164. The second kappa shape index (κ2) is 9.01. The van der Waals surface area contributed by atoms with E-state index in [2.05, 4.69) is 46.6 Å². The quantitative estimate of drug-likeness (QED) is 0.781. The van der Waals surface area contributed by atoms with Crippen LogP contribution < -0.4 is 10.6 Å². The first kappa shape index (κ1) is 17.9. The van der Waals surface area contributed by atoms with Gasteiger partial charge in [-0.1, -0.05) is 44.2 Å². The average Bonchev–Trinajstić information content (AvgIpc) is 2.55. The fourth-order valence-electron chi connectivity index (χ4n) is 2.29. The fraction of sp³-hybridized carbons (Fsp3) is 0.421. The van der Waals surface area contributed by atoms with Crippen LogP contribution in [0.25, 0.3) is 0 Å². The maximum absolute atomic E-state index is 12.3. The Bertz CT molecular complexity index is 656. The third-order valence-corrected chi connectivity index (χ3v) is 3.63. The third-order valence-electron chi connectivity index (χ3n) is 3.63. The summed E-state index contributed by atoms with van der Waals surface area (Å²) in [4.78, 5) is 21.0. The van der Waals surface area contributed by atoms with Crippen LogP contribution in [0.4, 0.5) is 5.95 Å². The van der Waals surface area contributed by atoms with Gasteiger partial charge in [-0.15, -0.1) is 0 Å². The highest BCUT2D eigenvalue weighted by atomic mass is 16.1. The van der Waals surface area contributed by atoms with Crippen LogP contribution in [-0.4, -0.2) is 29.0 Å². The fourth-order valence-corrected chi connectivity index (χ4v) is 2.29. The van der Waals surface area contributed by atoms with Gasteiger partial charge in [0.1, 0.15) is 5.69 Å². The Labute approximate surface area is 143 Å². The molecule has 0 saturated carbocycles. The molecule has 0 fully saturated rings. The lowest BCUT2D eigenvalue weighted by Gasteiger charge is -2.10. The maximum atomic E-state index is 12.3. The molecule has 0 aliphatic carbocycles. The topological polar surface area (TPSA) is 66.9 Å². The molecule has 128 valence electrons. The third kappa shape index (κ3) is 5.99. The van der Waals surface area contributed by atoms with Crippen molar-refractivity contribution < 1.29 is 4.79 Å². The molecule has 5 nitrogen and oxygen atoms in total. The van der Waals surface area contributed by atoms with E-state index in [1.165, 1.54) is 5.56 Å². The minimum absolute atomic E-state index is 0.164. The van der Waals surface area contributed by atoms with Gasteiger partial charge in [0.25, 0.3) is 5.91 Å². The molecule has 0 aliphatic rings. The van der Waals surface area contributed by atoms with Crippen molar-refractivity contribution in [2.75, 3.05) is 18.4 Å². The molecule has 0 radical (unpaired) electrons. The van der Waals surface area contributed by atoms with Crippen molar-refractivity contribution in [1.29, 1.82) is 0 Å². The van der Waals surface area contributed by atoms with Crippen molar-refractivity contribution in [2.45, 2.75) is 33.6 Å². The van der Waals surface area contributed by atoms with Gasteiger partial charge < -0.3 is 10.6 Å². The second-order valence-corrected chi connectivity index (χ2v) is 6.32. The lowest BCUT2D eigenvalue weighted by Crippen LogP contribution is -2.27. The zero-order chi connectivity index (χ0) is 17.4. The lowest BCUT2D eigenvalue weighted by molar-refractivity contribution is 0.0949. The predicted molar refractivity (Wildman–Crippen MR) is 97.2 cm³/mol. The summed E-state index contributed by atoms with van der Waals surface area (Å²) in [6, 6.07) is 11.8. The number of hydrogen-bond donors (Lipinski definition) is 2. The number of aryl methyl sites for hydroxylation is 1. The van der Waals surface area contributed by atoms with Crippen molar-refractivity contribution in [3.05, 3.63) is 53.3 Å². The average molecular weight is 326 g/mol. The van der Waals surface area contributed by atoms with E-state index in [9.17, 15) is 4.79 Å². The van der Waals surface area contributed by atoms with Crippen LogP contribution in [0.2, 0.25) is 0 Å². The highest BCUT2D eigenvalue weighted by Crippen LogP contribution is 2.07. The Morgan fingerprint density at radius 1 is 1.12 bits per heavy atom. The number of aromatic nitrogens is 2. The van der Waals surface area contributed by atoms with Crippen molar-refractivity contribution in [2.24, 2.45) is 5.92 Å².